The normalized spacial score (nSPS) is 10.9. The smallest absolute Gasteiger partial charge is 0.375 e. The van der Waals surface area contributed by atoms with Crippen molar-refractivity contribution in [1.29, 1.82) is 0 Å². The van der Waals surface area contributed by atoms with Crippen molar-refractivity contribution in [3.63, 3.8) is 0 Å². The van der Waals surface area contributed by atoms with Gasteiger partial charge in [-0.3, -0.25) is 0 Å². The number of para-hydroxylation sites is 1. The second kappa shape index (κ2) is 7.42. The number of hydrogen-bond donors (Lipinski definition) is 1. The van der Waals surface area contributed by atoms with E-state index in [9.17, 15) is 4.57 Å². The molecule has 0 spiro atoms. The molecule has 0 amide bonds. The molecule has 1 unspecified atom stereocenters. The summed E-state index contributed by atoms with van der Waals surface area (Å²) in [5.74, 6) is 0. The zero-order chi connectivity index (χ0) is 16.1. The van der Waals surface area contributed by atoms with E-state index in [-0.39, 0.29) is 0 Å². The Morgan fingerprint density at radius 1 is 0.957 bits per heavy atom. The molecule has 2 aromatic carbocycles. The summed E-state index contributed by atoms with van der Waals surface area (Å²) >= 11 is 2.99. The number of nitrogens with zero attached hydrogens (tertiary/aromatic N) is 2. The molecule has 0 fully saturated rings. The van der Waals surface area contributed by atoms with E-state index in [4.69, 9.17) is 5.73 Å². The summed E-state index contributed by atoms with van der Waals surface area (Å²) in [6.07, 6.45) is 0. The molecule has 4 nitrogen and oxygen atoms in total. The number of nitrogens with two attached hydrogens (primary N) is 1. The van der Waals surface area contributed by atoms with Gasteiger partial charge in [0.15, 0.2) is 10.4 Å². The maximum absolute atomic E-state index is 11.9. The van der Waals surface area contributed by atoms with Gasteiger partial charge in [0.2, 0.25) is 0 Å². The monoisotopic (exact) mass is 358 g/mol. The highest BCUT2D eigenvalue weighted by Gasteiger charge is 2.26. The van der Waals surface area contributed by atoms with E-state index >= 15 is 0 Å². The summed E-state index contributed by atoms with van der Waals surface area (Å²) < 4.78 is 13.2. The van der Waals surface area contributed by atoms with Crippen LogP contribution in [0.4, 0.5) is 5.13 Å². The summed E-state index contributed by atoms with van der Waals surface area (Å²) in [4.78, 5) is 8.14. The van der Waals surface area contributed by atoms with Gasteiger partial charge in [-0.05, 0) is 24.3 Å². The van der Waals surface area contributed by atoms with Gasteiger partial charge in [0.25, 0.3) is 5.44 Å². The lowest BCUT2D eigenvalue weighted by molar-refractivity contribution is 0.597. The molecular weight excluding hydrogens is 345 g/mol. The second-order valence-corrected chi connectivity index (χ2v) is 7.83. The Bertz CT molecular complexity index is 891. The molecule has 4 rings (SSSR count). The predicted molar refractivity (Wildman–Crippen MR) is 99.5 cm³/mol. The van der Waals surface area contributed by atoms with Crippen LogP contribution >= 0.6 is 30.5 Å². The third-order valence-corrected chi connectivity index (χ3v) is 6.02. The lowest BCUT2D eigenvalue weighted by Gasteiger charge is -1.83. The van der Waals surface area contributed by atoms with Crippen LogP contribution in [0, 0.1) is 0 Å². The lowest BCUT2D eigenvalue weighted by atomic mass is 10.3. The Morgan fingerprint density at radius 3 is 2.39 bits per heavy atom. The molecule has 114 valence electrons. The number of anilines is 1. The van der Waals surface area contributed by atoms with Crippen LogP contribution in [-0.4, -0.2) is 9.97 Å². The summed E-state index contributed by atoms with van der Waals surface area (Å²) in [7, 11) is -1.58. The van der Waals surface area contributed by atoms with E-state index < -0.39 is 7.80 Å². The van der Waals surface area contributed by atoms with Crippen LogP contribution in [0.1, 0.15) is 0 Å². The quantitative estimate of drug-likeness (QED) is 0.554. The third-order valence-electron chi connectivity index (χ3n) is 2.95. The largest absolute Gasteiger partial charge is 0.436 e. The lowest BCUT2D eigenvalue weighted by Crippen LogP contribution is -2.06. The van der Waals surface area contributed by atoms with Crippen LogP contribution in [0.25, 0.3) is 10.2 Å². The number of fused-ring (bicyclic) bond motifs is 1. The molecule has 2 N–H and O–H groups in total. The minimum absolute atomic E-state index is 0.458. The standard InChI is InChI=1S/C9H8N2OPS.C7H5NS/c10-9-11-8(6-14-9)13(12)7-4-2-1-3-5-7;1-2-4-7-6(3-1)8-5-9-7/h1-6H,(H2,10,11);1-5H/q+1;. The van der Waals surface area contributed by atoms with Crippen molar-refractivity contribution in [3.8, 4) is 0 Å². The van der Waals surface area contributed by atoms with E-state index in [0.717, 1.165) is 10.8 Å². The van der Waals surface area contributed by atoms with E-state index in [2.05, 4.69) is 16.0 Å². The fraction of sp³-hybridized carbons (Fsp3) is 0. The third kappa shape index (κ3) is 3.99. The molecule has 2 heterocycles. The van der Waals surface area contributed by atoms with Gasteiger partial charge in [-0.2, -0.15) is 4.98 Å². The van der Waals surface area contributed by atoms with Crippen molar-refractivity contribution in [2.45, 2.75) is 0 Å². The van der Waals surface area contributed by atoms with Gasteiger partial charge in [-0.15, -0.1) is 22.7 Å². The van der Waals surface area contributed by atoms with E-state index in [1.54, 1.807) is 16.7 Å². The Balaban J connectivity index is 0.000000149. The Kier molecular flexibility index (Phi) is 5.08. The first kappa shape index (κ1) is 15.7. The molecule has 4 aromatic rings. The number of thiazole rings is 2. The summed E-state index contributed by atoms with van der Waals surface area (Å²) in [5, 5.41) is 2.98. The molecule has 1 atom stereocenters. The first-order chi connectivity index (χ1) is 11.2. The minimum Gasteiger partial charge on any atom is -0.375 e. The first-order valence-corrected chi connectivity index (χ1v) is 9.77. The van der Waals surface area contributed by atoms with E-state index in [1.165, 1.54) is 16.0 Å². The topological polar surface area (TPSA) is 68.9 Å². The second-order valence-electron chi connectivity index (χ2n) is 4.49. The Hall–Kier alpha value is -2.14. The summed E-state index contributed by atoms with van der Waals surface area (Å²) in [6.45, 7) is 0. The van der Waals surface area contributed by atoms with Crippen molar-refractivity contribution in [2.24, 2.45) is 0 Å². The fourth-order valence-corrected chi connectivity index (χ4v) is 4.49. The average molecular weight is 358 g/mol. The highest BCUT2D eigenvalue weighted by Crippen LogP contribution is 2.21. The number of rotatable bonds is 2. The molecule has 0 bridgehead atoms. The number of benzene rings is 2. The molecule has 0 aliphatic carbocycles. The van der Waals surface area contributed by atoms with Crippen LogP contribution in [-0.2, 0) is 4.57 Å². The Labute approximate surface area is 142 Å². The first-order valence-electron chi connectivity index (χ1n) is 6.75. The SMILES string of the molecule is Nc1nc([P+](=O)c2ccccc2)cs1.c1ccc2scnc2c1. The molecule has 23 heavy (non-hydrogen) atoms. The minimum atomic E-state index is -1.58. The van der Waals surface area contributed by atoms with Gasteiger partial charge in [0.1, 0.15) is 0 Å². The van der Waals surface area contributed by atoms with Crippen LogP contribution in [0.2, 0.25) is 0 Å². The maximum Gasteiger partial charge on any atom is 0.436 e. The number of aromatic nitrogens is 2. The fourth-order valence-electron chi connectivity index (χ4n) is 1.87. The van der Waals surface area contributed by atoms with Crippen LogP contribution < -0.4 is 16.5 Å². The van der Waals surface area contributed by atoms with E-state index in [1.807, 2.05) is 54.0 Å². The van der Waals surface area contributed by atoms with Crippen LogP contribution in [0.15, 0.2) is 65.5 Å². The molecular formula is C16H13N3OPS2+. The van der Waals surface area contributed by atoms with Crippen LogP contribution in [0.5, 0.6) is 0 Å². The van der Waals surface area contributed by atoms with Crippen molar-refractivity contribution in [1.82, 2.24) is 9.97 Å². The van der Waals surface area contributed by atoms with Crippen molar-refractivity contribution < 1.29 is 4.57 Å². The molecule has 0 saturated carbocycles. The molecule has 7 heteroatoms. The van der Waals surface area contributed by atoms with E-state index in [0.29, 0.717) is 10.6 Å². The van der Waals surface area contributed by atoms with Crippen LogP contribution in [0.3, 0.4) is 0 Å². The summed E-state index contributed by atoms with van der Waals surface area (Å²) in [6, 6.07) is 17.4. The average Bonchev–Trinajstić information content (AvgIpc) is 3.24. The zero-order valence-electron chi connectivity index (χ0n) is 12.0. The van der Waals surface area contributed by atoms with Gasteiger partial charge in [-0.25, -0.2) is 4.98 Å². The van der Waals surface area contributed by atoms with Gasteiger partial charge in [0.05, 0.1) is 21.1 Å². The van der Waals surface area contributed by atoms with Gasteiger partial charge in [-0.1, -0.05) is 34.9 Å². The van der Waals surface area contributed by atoms with Gasteiger partial charge >= 0.3 is 7.80 Å². The molecule has 0 aliphatic rings. The molecule has 2 aromatic heterocycles. The van der Waals surface area contributed by atoms with Crippen molar-refractivity contribution in [2.75, 3.05) is 5.73 Å². The van der Waals surface area contributed by atoms with Crippen molar-refractivity contribution in [3.05, 3.63) is 65.5 Å². The highest BCUT2D eigenvalue weighted by atomic mass is 32.1. The van der Waals surface area contributed by atoms with Gasteiger partial charge in [0, 0.05) is 0 Å². The molecule has 0 radical (unpaired) electrons. The Morgan fingerprint density at radius 2 is 1.70 bits per heavy atom. The highest BCUT2D eigenvalue weighted by molar-refractivity contribution is 7.61. The van der Waals surface area contributed by atoms with Crippen molar-refractivity contribution >= 4 is 56.6 Å². The van der Waals surface area contributed by atoms with Gasteiger partial charge < -0.3 is 5.73 Å². The number of nitrogen functional groups attached to an aromatic ring is 1. The molecule has 0 aliphatic heterocycles. The maximum atomic E-state index is 11.9. The zero-order valence-corrected chi connectivity index (χ0v) is 14.5. The predicted octanol–water partition coefficient (Wildman–Crippen LogP) is 3.80. The molecule has 0 saturated heterocycles. The summed E-state index contributed by atoms with van der Waals surface area (Å²) in [5.41, 5.74) is 9.00. The number of hydrogen-bond acceptors (Lipinski definition) is 6.